The molecule has 0 saturated carbocycles. The molecule has 3 nitrogen and oxygen atoms in total. The summed E-state index contributed by atoms with van der Waals surface area (Å²) >= 11 is 0. The molecule has 1 aromatic heterocycles. The summed E-state index contributed by atoms with van der Waals surface area (Å²) in [5, 5.41) is 13.2. The summed E-state index contributed by atoms with van der Waals surface area (Å²) in [6.07, 6.45) is 2.97. The predicted octanol–water partition coefficient (Wildman–Crippen LogP) is -0.873. The van der Waals surface area contributed by atoms with E-state index in [9.17, 15) is 0 Å². The molecule has 72 valence electrons. The Morgan fingerprint density at radius 2 is 2.40 bits per heavy atom. The number of nitriles is 1. The first-order chi connectivity index (χ1) is 6.81. The van der Waals surface area contributed by atoms with Gasteiger partial charge in [0.05, 0.1) is 11.3 Å². The largest absolute Gasteiger partial charge is 1.00 e. The minimum atomic E-state index is 0. The summed E-state index contributed by atoms with van der Waals surface area (Å²) in [7, 11) is 0. The van der Waals surface area contributed by atoms with Crippen molar-refractivity contribution in [3.05, 3.63) is 34.4 Å². The maximum Gasteiger partial charge on any atom is 1.00 e. The van der Waals surface area contributed by atoms with Crippen molar-refractivity contribution in [2.24, 2.45) is 0 Å². The minimum absolute atomic E-state index is 0. The number of pyridine rings is 1. The molecule has 0 bridgehead atoms. The van der Waals surface area contributed by atoms with Crippen LogP contribution in [0.15, 0.2) is 12.3 Å². The van der Waals surface area contributed by atoms with Gasteiger partial charge >= 0.3 is 51.4 Å². The molecule has 1 fully saturated rings. The van der Waals surface area contributed by atoms with Crippen molar-refractivity contribution in [3.63, 3.8) is 0 Å². The summed E-state index contributed by atoms with van der Waals surface area (Å²) in [5.41, 5.74) is 2.66. The maximum absolute atomic E-state index is 8.87. The van der Waals surface area contributed by atoms with E-state index in [1.54, 1.807) is 0 Å². The topological polar surface area (TPSA) is 50.8 Å². The van der Waals surface area contributed by atoms with E-state index in [2.05, 4.69) is 16.4 Å². The van der Waals surface area contributed by atoms with Crippen molar-refractivity contribution in [1.29, 1.82) is 5.26 Å². The molecule has 2 rings (SSSR count). The van der Waals surface area contributed by atoms with E-state index in [-0.39, 0.29) is 51.4 Å². The second kappa shape index (κ2) is 6.09. The van der Waals surface area contributed by atoms with Crippen molar-refractivity contribution in [2.75, 3.05) is 13.1 Å². The first kappa shape index (κ1) is 13.3. The molecule has 0 amide bonds. The standard InChI is InChI=1S/C11H12N3.K/c1-8-10(5-12)4-11(7-14-8)9-2-3-13-6-9;/h4,7,9H,2-3,6H2,1H3;/q-1;+1. The maximum atomic E-state index is 8.87. The van der Waals surface area contributed by atoms with Crippen LogP contribution >= 0.6 is 0 Å². The van der Waals surface area contributed by atoms with Gasteiger partial charge in [-0.25, -0.2) is 0 Å². The summed E-state index contributed by atoms with van der Waals surface area (Å²) in [6.45, 7) is 3.69. The number of nitrogens with zero attached hydrogens (tertiary/aromatic N) is 3. The molecule has 1 aliphatic rings. The third-order valence-electron chi connectivity index (χ3n) is 2.69. The van der Waals surface area contributed by atoms with E-state index in [0.29, 0.717) is 11.5 Å². The molecular weight excluding hydrogens is 213 g/mol. The van der Waals surface area contributed by atoms with Crippen LogP contribution in [0.4, 0.5) is 0 Å². The van der Waals surface area contributed by atoms with Gasteiger partial charge in [0.15, 0.2) is 0 Å². The van der Waals surface area contributed by atoms with Gasteiger partial charge in [0.25, 0.3) is 0 Å². The van der Waals surface area contributed by atoms with Crippen LogP contribution in [0.25, 0.3) is 5.32 Å². The summed E-state index contributed by atoms with van der Waals surface area (Å²) < 4.78 is 0. The Bertz CT molecular complexity index is 378. The monoisotopic (exact) mass is 225 g/mol. The van der Waals surface area contributed by atoms with Crippen molar-refractivity contribution in [1.82, 2.24) is 4.98 Å². The van der Waals surface area contributed by atoms with Crippen LogP contribution in [0.5, 0.6) is 0 Å². The van der Waals surface area contributed by atoms with Gasteiger partial charge in [-0.1, -0.05) is 6.42 Å². The predicted molar refractivity (Wildman–Crippen MR) is 54.1 cm³/mol. The fraction of sp³-hybridized carbons (Fsp3) is 0.455. The Kier molecular flexibility index (Phi) is 5.40. The van der Waals surface area contributed by atoms with Crippen molar-refractivity contribution in [2.45, 2.75) is 19.3 Å². The fourth-order valence-corrected chi connectivity index (χ4v) is 1.74. The zero-order valence-corrected chi connectivity index (χ0v) is 12.3. The molecule has 0 radical (unpaired) electrons. The molecule has 0 aromatic carbocycles. The van der Waals surface area contributed by atoms with Crippen LogP contribution in [0.3, 0.4) is 0 Å². The minimum Gasteiger partial charge on any atom is -0.662 e. The molecule has 1 saturated heterocycles. The van der Waals surface area contributed by atoms with Crippen molar-refractivity contribution in [3.8, 4) is 6.07 Å². The average Bonchev–Trinajstić information content (AvgIpc) is 2.71. The number of hydrogen-bond donors (Lipinski definition) is 0. The zero-order chi connectivity index (χ0) is 9.97. The molecule has 4 heteroatoms. The molecule has 1 atom stereocenters. The van der Waals surface area contributed by atoms with E-state index >= 15 is 0 Å². The number of aromatic nitrogens is 1. The Balaban J connectivity index is 0.00000112. The second-order valence-electron chi connectivity index (χ2n) is 3.63. The molecule has 0 N–H and O–H groups in total. The van der Waals surface area contributed by atoms with Crippen LogP contribution in [0.2, 0.25) is 0 Å². The molecular formula is C11H12KN3. The first-order valence-electron chi connectivity index (χ1n) is 4.81. The third-order valence-corrected chi connectivity index (χ3v) is 2.69. The molecule has 1 aromatic rings. The SMILES string of the molecule is Cc1ncc(C2CC[N-]C2)cc1C#N.[K+]. The Hall–Kier alpha value is 0.236. The van der Waals surface area contributed by atoms with Crippen LogP contribution in [0, 0.1) is 18.3 Å². The average molecular weight is 225 g/mol. The number of aryl methyl sites for hydroxylation is 1. The quantitative estimate of drug-likeness (QED) is 0.583. The van der Waals surface area contributed by atoms with E-state index in [1.807, 2.05) is 19.2 Å². The van der Waals surface area contributed by atoms with Gasteiger partial charge < -0.3 is 5.32 Å². The van der Waals surface area contributed by atoms with Crippen molar-refractivity contribution >= 4 is 0 Å². The van der Waals surface area contributed by atoms with Gasteiger partial charge in [-0.05, 0) is 24.5 Å². The summed E-state index contributed by atoms with van der Waals surface area (Å²) in [5.74, 6) is 0.482. The summed E-state index contributed by atoms with van der Waals surface area (Å²) in [6, 6.07) is 4.12. The van der Waals surface area contributed by atoms with Crippen LogP contribution in [0.1, 0.15) is 29.2 Å². The molecule has 2 heterocycles. The Labute approximate surface area is 133 Å². The molecule has 0 spiro atoms. The molecule has 0 aliphatic carbocycles. The van der Waals surface area contributed by atoms with Crippen LogP contribution in [-0.4, -0.2) is 18.1 Å². The van der Waals surface area contributed by atoms with Crippen LogP contribution in [-0.2, 0) is 0 Å². The third kappa shape index (κ3) is 3.10. The van der Waals surface area contributed by atoms with E-state index < -0.39 is 0 Å². The Morgan fingerprint density at radius 3 is 3.00 bits per heavy atom. The second-order valence-corrected chi connectivity index (χ2v) is 3.63. The van der Waals surface area contributed by atoms with Gasteiger partial charge in [0.1, 0.15) is 6.07 Å². The normalized spacial score (nSPS) is 19.3. The van der Waals surface area contributed by atoms with E-state index in [1.165, 1.54) is 0 Å². The fourth-order valence-electron chi connectivity index (χ4n) is 1.74. The Morgan fingerprint density at radius 1 is 1.60 bits per heavy atom. The van der Waals surface area contributed by atoms with Gasteiger partial charge in [-0.2, -0.15) is 5.26 Å². The smallest absolute Gasteiger partial charge is 0.662 e. The van der Waals surface area contributed by atoms with Gasteiger partial charge in [-0.15, -0.1) is 13.1 Å². The van der Waals surface area contributed by atoms with Gasteiger partial charge in [0.2, 0.25) is 0 Å². The van der Waals surface area contributed by atoms with Gasteiger partial charge in [-0.3, -0.25) is 4.98 Å². The number of hydrogen-bond acceptors (Lipinski definition) is 2. The molecule has 1 unspecified atom stereocenters. The first-order valence-corrected chi connectivity index (χ1v) is 4.81. The van der Waals surface area contributed by atoms with Crippen molar-refractivity contribution < 1.29 is 51.4 Å². The molecule has 15 heavy (non-hydrogen) atoms. The van der Waals surface area contributed by atoms with Gasteiger partial charge in [0, 0.05) is 6.20 Å². The zero-order valence-electron chi connectivity index (χ0n) is 9.20. The number of rotatable bonds is 1. The van der Waals surface area contributed by atoms with Crippen LogP contribution < -0.4 is 51.4 Å². The summed E-state index contributed by atoms with van der Waals surface area (Å²) in [4.78, 5) is 4.23. The van der Waals surface area contributed by atoms with E-state index in [4.69, 9.17) is 5.26 Å². The van der Waals surface area contributed by atoms with E-state index in [0.717, 1.165) is 30.8 Å². The molecule has 1 aliphatic heterocycles.